The number of carbonyl (C=O) groups is 1. The summed E-state index contributed by atoms with van der Waals surface area (Å²) in [7, 11) is -7.20. The van der Waals surface area contributed by atoms with Crippen LogP contribution < -0.4 is 0 Å². The van der Waals surface area contributed by atoms with Crippen molar-refractivity contribution in [3.05, 3.63) is 0 Å². The lowest BCUT2D eigenvalue weighted by atomic mass is 9.86. The number of carbonyl (C=O) groups excluding carboxylic acids is 1. The van der Waals surface area contributed by atoms with Gasteiger partial charge in [0.2, 0.25) is 0 Å². The average molecular weight is 455 g/mol. The molecule has 0 saturated heterocycles. The molecule has 0 bridgehead atoms. The van der Waals surface area contributed by atoms with Crippen LogP contribution in [0.3, 0.4) is 0 Å². The first-order valence-corrected chi connectivity index (χ1v) is 14.2. The van der Waals surface area contributed by atoms with Gasteiger partial charge in [-0.25, -0.2) is 21.6 Å². The van der Waals surface area contributed by atoms with Gasteiger partial charge in [0.25, 0.3) is 0 Å². The Morgan fingerprint density at radius 1 is 1.03 bits per heavy atom. The van der Waals surface area contributed by atoms with Crippen molar-refractivity contribution in [3.63, 3.8) is 0 Å². The minimum atomic E-state index is -3.62. The fourth-order valence-electron chi connectivity index (χ4n) is 3.73. The first-order chi connectivity index (χ1) is 13.2. The van der Waals surface area contributed by atoms with E-state index in [2.05, 4.69) is 0 Å². The minimum Gasteiger partial charge on any atom is -0.434 e. The third-order valence-electron chi connectivity index (χ3n) is 5.36. The third kappa shape index (κ3) is 10.2. The number of ether oxygens (including phenoxy) is 2. The maximum Gasteiger partial charge on any atom is 0.508 e. The summed E-state index contributed by atoms with van der Waals surface area (Å²) in [5.74, 6) is -0.0370. The number of hydrogen-bond donors (Lipinski definition) is 0. The van der Waals surface area contributed by atoms with Gasteiger partial charge in [-0.2, -0.15) is 0 Å². The second-order valence-corrected chi connectivity index (χ2v) is 13.8. The van der Waals surface area contributed by atoms with Crippen LogP contribution in [0.1, 0.15) is 79.1 Å². The van der Waals surface area contributed by atoms with Gasteiger partial charge < -0.3 is 9.47 Å². The minimum absolute atomic E-state index is 0.0723. The van der Waals surface area contributed by atoms with E-state index in [4.69, 9.17) is 9.47 Å². The van der Waals surface area contributed by atoms with Gasteiger partial charge in [0.15, 0.2) is 19.7 Å². The highest BCUT2D eigenvalue weighted by Gasteiger charge is 2.34. The predicted octanol–water partition coefficient (Wildman–Crippen LogP) is 3.91. The van der Waals surface area contributed by atoms with Gasteiger partial charge in [-0.3, -0.25) is 0 Å². The lowest BCUT2D eigenvalue weighted by Gasteiger charge is -2.27. The molecule has 9 heteroatoms. The Morgan fingerprint density at radius 2 is 1.62 bits per heavy atom. The molecule has 7 nitrogen and oxygen atoms in total. The molecule has 1 rings (SSSR count). The van der Waals surface area contributed by atoms with Gasteiger partial charge in [0, 0.05) is 6.26 Å². The summed E-state index contributed by atoms with van der Waals surface area (Å²) in [5.41, 5.74) is -0.718. The van der Waals surface area contributed by atoms with Crippen molar-refractivity contribution in [2.75, 3.05) is 18.6 Å². The summed E-state index contributed by atoms with van der Waals surface area (Å²) < 4.78 is 60.3. The molecule has 1 saturated carbocycles. The summed E-state index contributed by atoms with van der Waals surface area (Å²) in [6, 6.07) is 0. The molecule has 0 heterocycles. The highest BCUT2D eigenvalue weighted by molar-refractivity contribution is 7.95. The van der Waals surface area contributed by atoms with Crippen molar-refractivity contribution in [2.45, 2.75) is 95.2 Å². The Labute approximate surface area is 176 Å². The standard InChI is InChI=1S/C20H38O7S2/c1-6-17(14-16-10-8-7-9-11-16)29(24,25)15-18(28(5,22)23)12-13-26-19(21)27-20(2,3)4/h16-18H,6-15H2,1-5H3. The first kappa shape index (κ1) is 26.2. The molecule has 2 unspecified atom stereocenters. The number of rotatable bonds is 10. The average Bonchev–Trinajstić information content (AvgIpc) is 2.57. The van der Waals surface area contributed by atoms with E-state index in [-0.39, 0.29) is 13.0 Å². The quantitative estimate of drug-likeness (QED) is 0.461. The molecule has 29 heavy (non-hydrogen) atoms. The van der Waals surface area contributed by atoms with Crippen LogP contribution in [0.5, 0.6) is 0 Å². The molecule has 1 fully saturated rings. The maximum absolute atomic E-state index is 13.0. The van der Waals surface area contributed by atoms with Crippen molar-refractivity contribution in [1.82, 2.24) is 0 Å². The molecule has 2 atom stereocenters. The largest absolute Gasteiger partial charge is 0.508 e. The van der Waals surface area contributed by atoms with Gasteiger partial charge in [-0.15, -0.1) is 0 Å². The summed E-state index contributed by atoms with van der Waals surface area (Å²) in [6.45, 7) is 6.71. The Bertz CT molecular complexity index is 714. The predicted molar refractivity (Wildman–Crippen MR) is 114 cm³/mol. The zero-order valence-corrected chi connectivity index (χ0v) is 20.1. The molecular formula is C20H38O7S2. The number of sulfone groups is 2. The SMILES string of the molecule is CCC(CC1CCCCC1)S(=O)(=O)CC(CCOC(=O)OC(C)(C)C)S(C)(=O)=O. The molecule has 0 aromatic heterocycles. The molecule has 0 amide bonds. The van der Waals surface area contributed by atoms with Crippen LogP contribution in [-0.4, -0.2) is 57.7 Å². The second kappa shape index (κ2) is 11.0. The zero-order chi connectivity index (χ0) is 22.3. The molecule has 0 aromatic rings. The van der Waals surface area contributed by atoms with E-state index < -0.39 is 47.7 Å². The van der Waals surface area contributed by atoms with Crippen molar-refractivity contribution < 1.29 is 31.1 Å². The topological polar surface area (TPSA) is 104 Å². The van der Waals surface area contributed by atoms with Crippen LogP contribution in [-0.2, 0) is 29.1 Å². The summed E-state index contributed by atoms with van der Waals surface area (Å²) >= 11 is 0. The van der Waals surface area contributed by atoms with Gasteiger partial charge in [0.1, 0.15) is 5.60 Å². The molecule has 172 valence electrons. The van der Waals surface area contributed by atoms with E-state index in [0.29, 0.717) is 18.8 Å². The highest BCUT2D eigenvalue weighted by atomic mass is 32.2. The Kier molecular flexibility index (Phi) is 9.92. The molecule has 0 N–H and O–H groups in total. The van der Waals surface area contributed by atoms with Gasteiger partial charge in [-0.05, 0) is 46.0 Å². The zero-order valence-electron chi connectivity index (χ0n) is 18.5. The van der Waals surface area contributed by atoms with E-state index in [1.165, 1.54) is 6.42 Å². The fourth-order valence-corrected chi connectivity index (χ4v) is 7.84. The highest BCUT2D eigenvalue weighted by Crippen LogP contribution is 2.30. The lowest BCUT2D eigenvalue weighted by Crippen LogP contribution is -2.36. The molecule has 0 spiro atoms. The smallest absolute Gasteiger partial charge is 0.434 e. The van der Waals surface area contributed by atoms with E-state index in [1.807, 2.05) is 6.92 Å². The number of hydrogen-bond acceptors (Lipinski definition) is 7. The molecule has 1 aliphatic rings. The third-order valence-corrected chi connectivity index (χ3v) is 9.59. The molecule has 0 aromatic carbocycles. The first-order valence-electron chi connectivity index (χ1n) is 10.5. The van der Waals surface area contributed by atoms with Crippen molar-refractivity contribution in [3.8, 4) is 0 Å². The fraction of sp³-hybridized carbons (Fsp3) is 0.950. The molecule has 1 aliphatic carbocycles. The van der Waals surface area contributed by atoms with Crippen LogP contribution in [0.4, 0.5) is 4.79 Å². The van der Waals surface area contributed by atoms with Crippen LogP contribution in [0.25, 0.3) is 0 Å². The maximum atomic E-state index is 13.0. The Balaban J connectivity index is 2.73. The van der Waals surface area contributed by atoms with E-state index in [1.54, 1.807) is 20.8 Å². The van der Waals surface area contributed by atoms with Crippen LogP contribution in [0.2, 0.25) is 0 Å². The second-order valence-electron chi connectivity index (χ2n) is 9.15. The summed E-state index contributed by atoms with van der Waals surface area (Å²) in [5, 5.41) is -1.63. The summed E-state index contributed by atoms with van der Waals surface area (Å²) in [6.07, 6.45) is 6.71. The Hall–Kier alpha value is -0.830. The van der Waals surface area contributed by atoms with Crippen molar-refractivity contribution in [2.24, 2.45) is 5.92 Å². The van der Waals surface area contributed by atoms with Crippen LogP contribution >= 0.6 is 0 Å². The van der Waals surface area contributed by atoms with Gasteiger partial charge in [0.05, 0.1) is 22.9 Å². The van der Waals surface area contributed by atoms with Crippen LogP contribution in [0, 0.1) is 5.92 Å². The van der Waals surface area contributed by atoms with E-state index in [9.17, 15) is 21.6 Å². The Morgan fingerprint density at radius 3 is 2.10 bits per heavy atom. The van der Waals surface area contributed by atoms with Crippen molar-refractivity contribution in [1.29, 1.82) is 0 Å². The van der Waals surface area contributed by atoms with Gasteiger partial charge >= 0.3 is 6.16 Å². The lowest BCUT2D eigenvalue weighted by molar-refractivity contribution is -0.00744. The molecular weight excluding hydrogens is 416 g/mol. The van der Waals surface area contributed by atoms with E-state index >= 15 is 0 Å². The molecule has 0 aliphatic heterocycles. The van der Waals surface area contributed by atoms with E-state index in [0.717, 1.165) is 31.9 Å². The monoisotopic (exact) mass is 454 g/mol. The van der Waals surface area contributed by atoms with Crippen molar-refractivity contribution >= 4 is 25.8 Å². The molecule has 0 radical (unpaired) electrons. The van der Waals surface area contributed by atoms with Crippen LogP contribution in [0.15, 0.2) is 0 Å². The normalized spacial score (nSPS) is 18.8. The summed E-state index contributed by atoms with van der Waals surface area (Å²) in [4.78, 5) is 11.6. The van der Waals surface area contributed by atoms with Gasteiger partial charge in [-0.1, -0.05) is 39.0 Å².